The molecule has 6 heteroatoms. The van der Waals surface area contributed by atoms with Crippen LogP contribution >= 0.6 is 0 Å². The number of allylic oxidation sites excluding steroid dienone is 2. The molecule has 6 nitrogen and oxygen atoms in total. The Morgan fingerprint density at radius 1 is 1.29 bits per heavy atom. The van der Waals surface area contributed by atoms with Gasteiger partial charge < -0.3 is 23.7 Å². The molecular weight excluding hydrogens is 360 g/mol. The minimum atomic E-state index is -0.594. The van der Waals surface area contributed by atoms with E-state index >= 15 is 0 Å². The number of hydrogen-bond acceptors (Lipinski definition) is 6. The van der Waals surface area contributed by atoms with Crippen molar-refractivity contribution in [1.29, 1.82) is 0 Å². The summed E-state index contributed by atoms with van der Waals surface area (Å²) in [6.45, 7) is 6.56. The second kappa shape index (κ2) is 4.92. The molecule has 2 spiro atoms. The maximum atomic E-state index is 13.3. The average molecular weight is 382 g/mol. The summed E-state index contributed by atoms with van der Waals surface area (Å²) in [6, 6.07) is 4.06. The van der Waals surface area contributed by atoms with Crippen LogP contribution in [-0.4, -0.2) is 32.1 Å². The molecule has 0 aromatic heterocycles. The predicted octanol–water partition coefficient (Wildman–Crippen LogP) is 3.32. The maximum Gasteiger partial charge on any atom is 0.231 e. The Labute approximate surface area is 163 Å². The number of rotatable bonds is 4. The molecule has 3 fully saturated rings. The van der Waals surface area contributed by atoms with E-state index in [1.807, 2.05) is 18.2 Å². The number of carbonyl (C=O) groups is 1. The quantitative estimate of drug-likeness (QED) is 0.745. The van der Waals surface area contributed by atoms with Gasteiger partial charge in [0.2, 0.25) is 12.5 Å². The number of benzene rings is 1. The summed E-state index contributed by atoms with van der Waals surface area (Å²) < 4.78 is 28.5. The zero-order chi connectivity index (χ0) is 19.3. The van der Waals surface area contributed by atoms with Crippen molar-refractivity contribution in [2.75, 3.05) is 20.7 Å². The Morgan fingerprint density at radius 2 is 2.14 bits per heavy atom. The van der Waals surface area contributed by atoms with Crippen LogP contribution in [0, 0.1) is 16.7 Å². The number of hydrogen-bond donors (Lipinski definition) is 0. The highest BCUT2D eigenvalue weighted by atomic mass is 16.7. The third-order valence-electron chi connectivity index (χ3n) is 7.88. The van der Waals surface area contributed by atoms with Crippen LogP contribution in [0.5, 0.6) is 17.2 Å². The first-order valence-corrected chi connectivity index (χ1v) is 9.67. The van der Waals surface area contributed by atoms with Gasteiger partial charge in [0, 0.05) is 11.5 Å². The SMILES string of the molecule is C=CC[C@]12C[C@@]34OCOC3=CC(=O)[C@]14[C@H](C)[C@H]2c1cc(OC)c2c(c1)OCO2. The molecule has 1 saturated heterocycles. The Kier molecular flexibility index (Phi) is 2.90. The highest BCUT2D eigenvalue weighted by molar-refractivity contribution is 6.04. The molecule has 0 unspecified atom stereocenters. The fourth-order valence-electron chi connectivity index (χ4n) is 7.27. The summed E-state index contributed by atoms with van der Waals surface area (Å²) in [6.07, 6.45) is 5.11. The first-order valence-electron chi connectivity index (χ1n) is 9.67. The lowest BCUT2D eigenvalue weighted by Crippen LogP contribution is -2.83. The summed E-state index contributed by atoms with van der Waals surface area (Å²) in [5.41, 5.74) is -0.302. The molecular formula is C22H22O6. The minimum Gasteiger partial charge on any atom is -0.493 e. The normalized spacial score (nSPS) is 41.1. The Balaban J connectivity index is 1.49. The maximum absolute atomic E-state index is 13.3. The van der Waals surface area contributed by atoms with Crippen LogP contribution in [0.15, 0.2) is 36.6 Å². The Morgan fingerprint density at radius 3 is 2.93 bits per heavy atom. The van der Waals surface area contributed by atoms with E-state index in [-0.39, 0.29) is 36.6 Å². The molecule has 0 N–H and O–H groups in total. The van der Waals surface area contributed by atoms with E-state index in [9.17, 15) is 4.79 Å². The van der Waals surface area contributed by atoms with Crippen molar-refractivity contribution in [3.8, 4) is 17.2 Å². The number of carbonyl (C=O) groups excluding carboxylic acids is 1. The van der Waals surface area contributed by atoms with E-state index in [0.717, 1.165) is 18.4 Å². The van der Waals surface area contributed by atoms with Gasteiger partial charge in [0.1, 0.15) is 11.4 Å². The van der Waals surface area contributed by atoms with Gasteiger partial charge in [-0.25, -0.2) is 0 Å². The van der Waals surface area contributed by atoms with E-state index in [4.69, 9.17) is 23.7 Å². The molecule has 1 aromatic carbocycles. The summed E-state index contributed by atoms with van der Waals surface area (Å²) in [7, 11) is 1.63. The highest BCUT2D eigenvalue weighted by Gasteiger charge is 2.92. The van der Waals surface area contributed by atoms with Crippen molar-refractivity contribution in [2.24, 2.45) is 16.7 Å². The van der Waals surface area contributed by atoms with Crippen LogP contribution in [0.4, 0.5) is 0 Å². The number of ether oxygens (including phenoxy) is 5. The van der Waals surface area contributed by atoms with Crippen molar-refractivity contribution in [1.82, 2.24) is 0 Å². The molecule has 2 aliphatic heterocycles. The molecule has 3 aliphatic carbocycles. The standard InChI is InChI=1S/C22H22O6/c1-4-5-20-9-21-17(26-11-28-21)8-16(23)22(20,21)12(2)18(20)13-6-14(24-3)19-15(7-13)25-10-27-19/h4,6-8,12,18H,1,5,9-11H2,2-3H3/t12-,18+,20-,21-,22-/m1/s1. The van der Waals surface area contributed by atoms with Crippen LogP contribution in [0.2, 0.25) is 0 Å². The van der Waals surface area contributed by atoms with E-state index in [2.05, 4.69) is 13.5 Å². The molecule has 28 heavy (non-hydrogen) atoms. The summed E-state index contributed by atoms with van der Waals surface area (Å²) in [5, 5.41) is 0. The van der Waals surface area contributed by atoms with Crippen LogP contribution in [0.25, 0.3) is 0 Å². The van der Waals surface area contributed by atoms with Crippen LogP contribution in [0.3, 0.4) is 0 Å². The molecule has 0 radical (unpaired) electrons. The van der Waals surface area contributed by atoms with E-state index < -0.39 is 11.0 Å². The average Bonchev–Trinajstić information content (AvgIpc) is 3.33. The molecule has 0 amide bonds. The molecule has 0 bridgehead atoms. The molecule has 6 rings (SSSR count). The fourth-order valence-corrected chi connectivity index (χ4v) is 7.27. The van der Waals surface area contributed by atoms with E-state index in [1.165, 1.54) is 0 Å². The number of ketones is 1. The summed E-state index contributed by atoms with van der Waals surface area (Å²) in [5.74, 6) is 3.11. The van der Waals surface area contributed by atoms with Gasteiger partial charge in [-0.3, -0.25) is 4.79 Å². The van der Waals surface area contributed by atoms with Gasteiger partial charge in [0.15, 0.2) is 24.1 Å². The van der Waals surface area contributed by atoms with Crippen molar-refractivity contribution in [2.45, 2.75) is 31.3 Å². The molecule has 2 heterocycles. The number of methoxy groups -OCH3 is 1. The molecule has 5 aliphatic rings. The van der Waals surface area contributed by atoms with Gasteiger partial charge in [0.25, 0.3) is 0 Å². The Hall–Kier alpha value is -2.47. The minimum absolute atomic E-state index is 0.0919. The smallest absolute Gasteiger partial charge is 0.231 e. The highest BCUT2D eigenvalue weighted by Crippen LogP contribution is 2.88. The van der Waals surface area contributed by atoms with Gasteiger partial charge in [0.05, 0.1) is 12.5 Å². The van der Waals surface area contributed by atoms with E-state index in [0.29, 0.717) is 23.0 Å². The van der Waals surface area contributed by atoms with Gasteiger partial charge in [-0.2, -0.15) is 0 Å². The topological polar surface area (TPSA) is 63.2 Å². The zero-order valence-corrected chi connectivity index (χ0v) is 15.9. The third-order valence-corrected chi connectivity index (χ3v) is 7.88. The third kappa shape index (κ3) is 1.40. The monoisotopic (exact) mass is 382 g/mol. The lowest BCUT2D eigenvalue weighted by atomic mass is 9.23. The molecule has 1 aromatic rings. The van der Waals surface area contributed by atoms with Gasteiger partial charge in [-0.15, -0.1) is 6.58 Å². The number of fused-ring (bicyclic) bond motifs is 1. The van der Waals surface area contributed by atoms with Gasteiger partial charge in [-0.1, -0.05) is 13.0 Å². The van der Waals surface area contributed by atoms with Crippen molar-refractivity contribution < 1.29 is 28.5 Å². The predicted molar refractivity (Wildman–Crippen MR) is 98.2 cm³/mol. The van der Waals surface area contributed by atoms with Crippen molar-refractivity contribution in [3.63, 3.8) is 0 Å². The van der Waals surface area contributed by atoms with Crippen LogP contribution in [-0.2, 0) is 14.3 Å². The molecule has 5 atom stereocenters. The first-order chi connectivity index (χ1) is 13.6. The Bertz CT molecular complexity index is 966. The second-order valence-electron chi connectivity index (χ2n) is 8.46. The lowest BCUT2D eigenvalue weighted by molar-refractivity contribution is -0.329. The largest absolute Gasteiger partial charge is 0.493 e. The first kappa shape index (κ1) is 16.5. The van der Waals surface area contributed by atoms with E-state index in [1.54, 1.807) is 13.2 Å². The van der Waals surface area contributed by atoms with Crippen LogP contribution in [0.1, 0.15) is 31.2 Å². The van der Waals surface area contributed by atoms with Crippen molar-refractivity contribution >= 4 is 5.78 Å². The summed E-state index contributed by atoms with van der Waals surface area (Å²) >= 11 is 0. The molecule has 2 saturated carbocycles. The van der Waals surface area contributed by atoms with Gasteiger partial charge >= 0.3 is 0 Å². The van der Waals surface area contributed by atoms with Gasteiger partial charge in [-0.05, 0) is 42.4 Å². The lowest BCUT2D eigenvalue weighted by Gasteiger charge is -2.79. The molecule has 146 valence electrons. The fraction of sp³-hybridized carbons (Fsp3) is 0.500. The van der Waals surface area contributed by atoms with Crippen molar-refractivity contribution in [3.05, 3.63) is 42.2 Å². The van der Waals surface area contributed by atoms with Crippen LogP contribution < -0.4 is 14.2 Å². The zero-order valence-electron chi connectivity index (χ0n) is 15.9. The summed E-state index contributed by atoms with van der Waals surface area (Å²) in [4.78, 5) is 13.3. The second-order valence-corrected chi connectivity index (χ2v) is 8.46.